The Balaban J connectivity index is 2.28. The van der Waals surface area contributed by atoms with E-state index in [0.717, 1.165) is 11.3 Å². The lowest BCUT2D eigenvalue weighted by atomic mass is 10.1. The van der Waals surface area contributed by atoms with Crippen molar-refractivity contribution in [3.8, 4) is 0 Å². The van der Waals surface area contributed by atoms with E-state index < -0.39 is 5.97 Å². The van der Waals surface area contributed by atoms with Crippen LogP contribution in [0.2, 0.25) is 0 Å². The molecule has 0 radical (unpaired) electrons. The summed E-state index contributed by atoms with van der Waals surface area (Å²) in [5, 5.41) is 9.51. The van der Waals surface area contributed by atoms with Gasteiger partial charge in [0.15, 0.2) is 0 Å². The molecule has 5 heteroatoms. The lowest BCUT2D eigenvalue weighted by Gasteiger charge is -1.98. The first-order valence-electron chi connectivity index (χ1n) is 5.01. The molecule has 0 aliphatic carbocycles. The van der Waals surface area contributed by atoms with Crippen molar-refractivity contribution in [1.82, 2.24) is 4.98 Å². The van der Waals surface area contributed by atoms with Crippen LogP contribution in [0.1, 0.15) is 25.9 Å². The Morgan fingerprint density at radius 3 is 2.76 bits per heavy atom. The quantitative estimate of drug-likeness (QED) is 0.912. The molecular formula is C12H10FNO2S. The molecule has 0 amide bonds. The van der Waals surface area contributed by atoms with Gasteiger partial charge in [-0.1, -0.05) is 18.2 Å². The SMILES string of the molecule is Cc1nc(Cc2ccccc2F)sc1C(=O)O. The van der Waals surface area contributed by atoms with Crippen molar-refractivity contribution in [3.05, 3.63) is 51.2 Å². The molecule has 2 aromatic rings. The van der Waals surface area contributed by atoms with E-state index in [9.17, 15) is 9.18 Å². The molecule has 2 rings (SSSR count). The van der Waals surface area contributed by atoms with E-state index in [1.807, 2.05) is 0 Å². The molecule has 0 saturated carbocycles. The third-order valence-electron chi connectivity index (χ3n) is 2.33. The zero-order valence-corrected chi connectivity index (χ0v) is 9.92. The maximum Gasteiger partial charge on any atom is 0.347 e. The predicted molar refractivity (Wildman–Crippen MR) is 63.0 cm³/mol. The summed E-state index contributed by atoms with van der Waals surface area (Å²) < 4.78 is 13.4. The lowest BCUT2D eigenvalue weighted by molar-refractivity contribution is 0.0701. The topological polar surface area (TPSA) is 50.2 Å². The zero-order chi connectivity index (χ0) is 12.4. The molecule has 0 saturated heterocycles. The Bertz CT molecular complexity index is 565. The number of hydrogen-bond acceptors (Lipinski definition) is 3. The first-order chi connectivity index (χ1) is 8.08. The Labute approximate surface area is 102 Å². The third-order valence-corrected chi connectivity index (χ3v) is 3.48. The molecule has 0 aliphatic heterocycles. The van der Waals surface area contributed by atoms with Crippen molar-refractivity contribution >= 4 is 17.3 Å². The van der Waals surface area contributed by atoms with Crippen LogP contribution in [0.3, 0.4) is 0 Å². The Morgan fingerprint density at radius 1 is 1.47 bits per heavy atom. The van der Waals surface area contributed by atoms with Gasteiger partial charge in [-0.25, -0.2) is 14.2 Å². The van der Waals surface area contributed by atoms with Crippen molar-refractivity contribution in [2.75, 3.05) is 0 Å². The minimum atomic E-state index is -0.986. The molecular weight excluding hydrogens is 241 g/mol. The van der Waals surface area contributed by atoms with Gasteiger partial charge in [-0.3, -0.25) is 0 Å². The van der Waals surface area contributed by atoms with Gasteiger partial charge in [0.25, 0.3) is 0 Å². The van der Waals surface area contributed by atoms with Crippen LogP contribution in [0.25, 0.3) is 0 Å². The normalized spacial score (nSPS) is 10.5. The van der Waals surface area contributed by atoms with Gasteiger partial charge >= 0.3 is 5.97 Å². The van der Waals surface area contributed by atoms with Crippen LogP contribution in [-0.4, -0.2) is 16.1 Å². The molecule has 88 valence electrons. The monoisotopic (exact) mass is 251 g/mol. The fourth-order valence-electron chi connectivity index (χ4n) is 1.53. The zero-order valence-electron chi connectivity index (χ0n) is 9.11. The second kappa shape index (κ2) is 4.63. The van der Waals surface area contributed by atoms with Gasteiger partial charge in [0, 0.05) is 6.42 Å². The van der Waals surface area contributed by atoms with Crippen LogP contribution in [0.5, 0.6) is 0 Å². The number of hydrogen-bond donors (Lipinski definition) is 1. The molecule has 1 aromatic heterocycles. The highest BCUT2D eigenvalue weighted by Gasteiger charge is 2.14. The van der Waals surface area contributed by atoms with E-state index in [1.54, 1.807) is 25.1 Å². The van der Waals surface area contributed by atoms with E-state index in [4.69, 9.17) is 5.11 Å². The summed E-state index contributed by atoms with van der Waals surface area (Å²) in [5.74, 6) is -1.28. The molecule has 0 fully saturated rings. The fraction of sp³-hybridized carbons (Fsp3) is 0.167. The number of carboxylic acid groups (broad SMARTS) is 1. The summed E-state index contributed by atoms with van der Waals surface area (Å²) in [4.78, 5) is 15.2. The van der Waals surface area contributed by atoms with Crippen LogP contribution in [-0.2, 0) is 6.42 Å². The van der Waals surface area contributed by atoms with Crippen molar-refractivity contribution in [1.29, 1.82) is 0 Å². The van der Waals surface area contributed by atoms with Crippen LogP contribution in [0.15, 0.2) is 24.3 Å². The highest BCUT2D eigenvalue weighted by Crippen LogP contribution is 2.21. The van der Waals surface area contributed by atoms with Crippen molar-refractivity contribution in [2.45, 2.75) is 13.3 Å². The van der Waals surface area contributed by atoms with Crippen LogP contribution >= 0.6 is 11.3 Å². The molecule has 0 aliphatic rings. The van der Waals surface area contributed by atoms with E-state index >= 15 is 0 Å². The Morgan fingerprint density at radius 2 is 2.18 bits per heavy atom. The maximum atomic E-state index is 13.4. The predicted octanol–water partition coefficient (Wildman–Crippen LogP) is 2.88. The van der Waals surface area contributed by atoms with E-state index in [2.05, 4.69) is 4.98 Å². The van der Waals surface area contributed by atoms with Gasteiger partial charge in [0.2, 0.25) is 0 Å². The van der Waals surface area contributed by atoms with Gasteiger partial charge in [0.1, 0.15) is 10.7 Å². The molecule has 0 bridgehead atoms. The number of benzene rings is 1. The number of nitrogens with zero attached hydrogens (tertiary/aromatic N) is 1. The largest absolute Gasteiger partial charge is 0.477 e. The van der Waals surface area contributed by atoms with Gasteiger partial charge in [-0.05, 0) is 18.6 Å². The minimum Gasteiger partial charge on any atom is -0.477 e. The molecule has 0 spiro atoms. The highest BCUT2D eigenvalue weighted by atomic mass is 32.1. The number of rotatable bonds is 3. The molecule has 3 nitrogen and oxygen atoms in total. The van der Waals surface area contributed by atoms with Crippen molar-refractivity contribution in [2.24, 2.45) is 0 Å². The number of thiazole rings is 1. The first-order valence-corrected chi connectivity index (χ1v) is 5.82. The van der Waals surface area contributed by atoms with E-state index in [0.29, 0.717) is 22.7 Å². The Kier molecular flexibility index (Phi) is 3.19. The maximum absolute atomic E-state index is 13.4. The standard InChI is InChI=1S/C12H10FNO2S/c1-7-11(12(15)16)17-10(14-7)6-8-4-2-3-5-9(8)13/h2-5H,6H2,1H3,(H,15,16). The van der Waals surface area contributed by atoms with Crippen molar-refractivity contribution in [3.63, 3.8) is 0 Å². The van der Waals surface area contributed by atoms with E-state index in [-0.39, 0.29) is 10.7 Å². The Hall–Kier alpha value is -1.75. The fourth-order valence-corrected chi connectivity index (χ4v) is 2.46. The summed E-state index contributed by atoms with van der Waals surface area (Å²) in [6, 6.07) is 6.42. The molecule has 17 heavy (non-hydrogen) atoms. The third kappa shape index (κ3) is 2.50. The first kappa shape index (κ1) is 11.7. The summed E-state index contributed by atoms with van der Waals surface area (Å²) in [6.07, 6.45) is 0.325. The average Bonchev–Trinajstić information content (AvgIpc) is 2.63. The second-order valence-electron chi connectivity index (χ2n) is 3.60. The van der Waals surface area contributed by atoms with Gasteiger partial charge in [-0.15, -0.1) is 11.3 Å². The summed E-state index contributed by atoms with van der Waals surface area (Å²) in [5.41, 5.74) is 1.01. The van der Waals surface area contributed by atoms with Crippen LogP contribution in [0.4, 0.5) is 4.39 Å². The van der Waals surface area contributed by atoms with Gasteiger partial charge in [-0.2, -0.15) is 0 Å². The lowest BCUT2D eigenvalue weighted by Crippen LogP contribution is -1.94. The summed E-state index contributed by atoms with van der Waals surface area (Å²) in [6.45, 7) is 1.64. The van der Waals surface area contributed by atoms with Crippen LogP contribution in [0, 0.1) is 12.7 Å². The number of aryl methyl sites for hydroxylation is 1. The smallest absolute Gasteiger partial charge is 0.347 e. The number of carboxylic acids is 1. The number of aromatic nitrogens is 1. The number of carbonyl (C=O) groups is 1. The van der Waals surface area contributed by atoms with Gasteiger partial charge < -0.3 is 5.11 Å². The molecule has 1 aromatic carbocycles. The summed E-state index contributed by atoms with van der Waals surface area (Å²) >= 11 is 1.09. The number of halogens is 1. The summed E-state index contributed by atoms with van der Waals surface area (Å²) in [7, 11) is 0. The highest BCUT2D eigenvalue weighted by molar-refractivity contribution is 7.13. The molecule has 1 N–H and O–H groups in total. The number of aromatic carboxylic acids is 1. The van der Waals surface area contributed by atoms with Gasteiger partial charge in [0.05, 0.1) is 10.7 Å². The average molecular weight is 251 g/mol. The van der Waals surface area contributed by atoms with Crippen LogP contribution < -0.4 is 0 Å². The minimum absolute atomic E-state index is 0.219. The van der Waals surface area contributed by atoms with E-state index in [1.165, 1.54) is 6.07 Å². The molecule has 1 heterocycles. The second-order valence-corrected chi connectivity index (χ2v) is 4.68. The molecule has 0 atom stereocenters. The molecule has 0 unspecified atom stereocenters. The van der Waals surface area contributed by atoms with Crippen molar-refractivity contribution < 1.29 is 14.3 Å².